The number of furan rings is 1. The number of methoxy groups -OCH3 is 1. The van der Waals surface area contributed by atoms with Crippen LogP contribution in [0.4, 0.5) is 0 Å². The van der Waals surface area contributed by atoms with E-state index in [1.807, 2.05) is 18.2 Å². The summed E-state index contributed by atoms with van der Waals surface area (Å²) >= 11 is 0. The molecule has 3 N–H and O–H groups in total. The molecule has 2 aliphatic rings. The van der Waals surface area contributed by atoms with Crippen LogP contribution in [0.2, 0.25) is 0 Å². The zero-order chi connectivity index (χ0) is 21.1. The number of hydrogen-bond acceptors (Lipinski definition) is 6. The fourth-order valence-corrected chi connectivity index (χ4v) is 4.57. The van der Waals surface area contributed by atoms with Crippen molar-refractivity contribution in [1.29, 1.82) is 0 Å². The van der Waals surface area contributed by atoms with Gasteiger partial charge in [-0.1, -0.05) is 18.2 Å². The zero-order valence-electron chi connectivity index (χ0n) is 17.1. The summed E-state index contributed by atoms with van der Waals surface area (Å²) in [4.78, 5) is 25.9. The minimum Gasteiger partial charge on any atom is -0.451 e. The van der Waals surface area contributed by atoms with Crippen LogP contribution in [0.5, 0.6) is 0 Å². The highest BCUT2D eigenvalue weighted by Gasteiger charge is 2.45. The predicted molar refractivity (Wildman–Crippen MR) is 109 cm³/mol. The van der Waals surface area contributed by atoms with Crippen LogP contribution in [0.25, 0.3) is 11.0 Å². The summed E-state index contributed by atoms with van der Waals surface area (Å²) in [5, 5.41) is 16.5. The van der Waals surface area contributed by atoms with Crippen LogP contribution >= 0.6 is 0 Å². The van der Waals surface area contributed by atoms with E-state index < -0.39 is 5.60 Å². The van der Waals surface area contributed by atoms with Crippen molar-refractivity contribution in [3.63, 3.8) is 0 Å². The van der Waals surface area contributed by atoms with Crippen LogP contribution in [0.3, 0.4) is 0 Å². The highest BCUT2D eigenvalue weighted by molar-refractivity contribution is 5.99. The van der Waals surface area contributed by atoms with Gasteiger partial charge in [-0.25, -0.2) is 0 Å². The highest BCUT2D eigenvalue weighted by atomic mass is 16.5. The Balaban J connectivity index is 1.47. The van der Waals surface area contributed by atoms with E-state index in [0.29, 0.717) is 24.2 Å². The smallest absolute Gasteiger partial charge is 0.287 e. The van der Waals surface area contributed by atoms with Gasteiger partial charge in [0.1, 0.15) is 5.58 Å². The Morgan fingerprint density at radius 3 is 2.67 bits per heavy atom. The maximum absolute atomic E-state index is 13.0. The number of aliphatic hydroxyl groups excluding tert-OH is 1. The molecule has 1 saturated carbocycles. The fraction of sp³-hybridized carbons (Fsp3) is 0.545. The first-order valence-electron chi connectivity index (χ1n) is 10.4. The molecular weight excluding hydrogens is 388 g/mol. The van der Waals surface area contributed by atoms with E-state index in [1.165, 1.54) is 0 Å². The second-order valence-electron chi connectivity index (χ2n) is 8.03. The lowest BCUT2D eigenvalue weighted by Gasteiger charge is -2.30. The first-order chi connectivity index (χ1) is 14.6. The number of amides is 2. The molecule has 1 aliphatic heterocycles. The van der Waals surface area contributed by atoms with E-state index in [4.69, 9.17) is 13.9 Å². The third-order valence-electron chi connectivity index (χ3n) is 6.11. The van der Waals surface area contributed by atoms with Crippen molar-refractivity contribution in [2.45, 2.75) is 56.4 Å². The molecule has 1 aliphatic carbocycles. The molecule has 2 fully saturated rings. The van der Waals surface area contributed by atoms with Crippen LogP contribution in [-0.2, 0) is 20.9 Å². The van der Waals surface area contributed by atoms with Crippen LogP contribution in [0.15, 0.2) is 28.7 Å². The van der Waals surface area contributed by atoms with Crippen molar-refractivity contribution in [3.8, 4) is 0 Å². The summed E-state index contributed by atoms with van der Waals surface area (Å²) in [6, 6.07) is 6.82. The third-order valence-corrected chi connectivity index (χ3v) is 6.11. The lowest BCUT2D eigenvalue weighted by Crippen LogP contribution is -2.56. The molecule has 162 valence electrons. The van der Waals surface area contributed by atoms with E-state index in [2.05, 4.69) is 10.6 Å². The van der Waals surface area contributed by atoms with Gasteiger partial charge >= 0.3 is 0 Å². The molecular formula is C22H28N2O6. The van der Waals surface area contributed by atoms with Gasteiger partial charge in [-0.2, -0.15) is 0 Å². The number of nitrogens with one attached hydrogen (secondary N) is 2. The van der Waals surface area contributed by atoms with Crippen LogP contribution in [0, 0.1) is 0 Å². The summed E-state index contributed by atoms with van der Waals surface area (Å²) in [5.74, 6) is -0.455. The maximum atomic E-state index is 13.0. The Morgan fingerprint density at radius 1 is 1.20 bits per heavy atom. The Morgan fingerprint density at radius 2 is 1.97 bits per heavy atom. The van der Waals surface area contributed by atoms with Crippen LogP contribution < -0.4 is 10.6 Å². The molecule has 1 aromatic carbocycles. The minimum atomic E-state index is -0.950. The summed E-state index contributed by atoms with van der Waals surface area (Å²) in [6.45, 7) is 0.459. The van der Waals surface area contributed by atoms with E-state index in [1.54, 1.807) is 13.2 Å². The largest absolute Gasteiger partial charge is 0.451 e. The second-order valence-corrected chi connectivity index (χ2v) is 8.03. The molecule has 2 aromatic rings. The molecule has 8 heteroatoms. The van der Waals surface area contributed by atoms with Gasteiger partial charge in [0.2, 0.25) is 0 Å². The number of fused-ring (bicyclic) bond motifs is 1. The molecule has 8 nitrogen and oxygen atoms in total. The van der Waals surface area contributed by atoms with Gasteiger partial charge in [0.15, 0.2) is 11.4 Å². The SMILES string of the molecule is COCC1(C(=O)N[C@@H]2CCC[C@H]2NC(=O)c2oc3ccccc3c2CO)CCCO1. The molecule has 0 radical (unpaired) electrons. The monoisotopic (exact) mass is 416 g/mol. The predicted octanol–water partition coefficient (Wildman–Crippen LogP) is 1.89. The number of rotatable bonds is 7. The van der Waals surface area contributed by atoms with Crippen molar-refractivity contribution in [3.05, 3.63) is 35.6 Å². The Bertz CT molecular complexity index is 917. The van der Waals surface area contributed by atoms with Gasteiger partial charge in [-0.3, -0.25) is 9.59 Å². The highest BCUT2D eigenvalue weighted by Crippen LogP contribution is 2.29. The number of ether oxygens (including phenoxy) is 2. The van der Waals surface area contributed by atoms with E-state index >= 15 is 0 Å². The molecule has 1 aromatic heterocycles. The second kappa shape index (κ2) is 8.75. The van der Waals surface area contributed by atoms with Gasteiger partial charge in [0.25, 0.3) is 11.8 Å². The molecule has 0 bridgehead atoms. The summed E-state index contributed by atoms with van der Waals surface area (Å²) in [6.07, 6.45) is 3.85. The lowest BCUT2D eigenvalue weighted by atomic mass is 9.99. The quantitative estimate of drug-likeness (QED) is 0.636. The Labute approximate surface area is 174 Å². The van der Waals surface area contributed by atoms with Gasteiger partial charge in [-0.05, 0) is 38.2 Å². The average molecular weight is 416 g/mol. The number of carbonyl (C=O) groups excluding carboxylic acids is 2. The molecule has 1 unspecified atom stereocenters. The molecule has 2 amide bonds. The summed E-state index contributed by atoms with van der Waals surface area (Å²) in [5.41, 5.74) is 0.0808. The summed E-state index contributed by atoms with van der Waals surface area (Å²) in [7, 11) is 1.56. The van der Waals surface area contributed by atoms with Crippen molar-refractivity contribution in [1.82, 2.24) is 10.6 Å². The van der Waals surface area contributed by atoms with Gasteiger partial charge in [0, 0.05) is 36.8 Å². The van der Waals surface area contributed by atoms with Crippen LogP contribution in [-0.4, -0.2) is 54.9 Å². The van der Waals surface area contributed by atoms with Crippen molar-refractivity contribution < 1.29 is 28.6 Å². The molecule has 1 saturated heterocycles. The number of aliphatic hydroxyl groups is 1. The zero-order valence-corrected chi connectivity index (χ0v) is 17.1. The van der Waals surface area contributed by atoms with Crippen LogP contribution in [0.1, 0.15) is 48.2 Å². The lowest BCUT2D eigenvalue weighted by molar-refractivity contribution is -0.148. The molecule has 30 heavy (non-hydrogen) atoms. The fourth-order valence-electron chi connectivity index (χ4n) is 4.57. The minimum absolute atomic E-state index is 0.116. The van der Waals surface area contributed by atoms with Gasteiger partial charge in [0.05, 0.1) is 13.2 Å². The standard InChI is InChI=1S/C22H28N2O6/c1-28-13-22(10-5-11-29-22)21(27)24-17-8-4-7-16(17)23-20(26)19-15(12-25)14-6-2-3-9-18(14)30-19/h2-3,6,9,16-17,25H,4-5,7-8,10-13H2,1H3,(H,23,26)(H,24,27)/t16-,17-,22?/m1/s1. The van der Waals surface area contributed by atoms with E-state index in [0.717, 1.165) is 31.1 Å². The first-order valence-corrected chi connectivity index (χ1v) is 10.4. The molecule has 0 spiro atoms. The van der Waals surface area contributed by atoms with E-state index in [9.17, 15) is 14.7 Å². The van der Waals surface area contributed by atoms with Gasteiger partial charge < -0.3 is 29.6 Å². The van der Waals surface area contributed by atoms with Gasteiger partial charge in [-0.15, -0.1) is 0 Å². The van der Waals surface area contributed by atoms with Crippen molar-refractivity contribution in [2.75, 3.05) is 20.3 Å². The number of benzene rings is 1. The number of para-hydroxylation sites is 1. The van der Waals surface area contributed by atoms with E-state index in [-0.39, 0.29) is 42.9 Å². The number of carbonyl (C=O) groups is 2. The van der Waals surface area contributed by atoms with Crippen molar-refractivity contribution in [2.24, 2.45) is 0 Å². The van der Waals surface area contributed by atoms with Crippen molar-refractivity contribution >= 4 is 22.8 Å². The Hall–Kier alpha value is -2.42. The molecule has 2 heterocycles. The number of hydrogen-bond donors (Lipinski definition) is 3. The first kappa shape index (κ1) is 20.8. The summed E-state index contributed by atoms with van der Waals surface area (Å²) < 4.78 is 16.7. The molecule has 4 rings (SSSR count). The topological polar surface area (TPSA) is 110 Å². The molecule has 3 atom stereocenters. The Kier molecular flexibility index (Phi) is 6.08. The third kappa shape index (κ3) is 3.82. The average Bonchev–Trinajstić information content (AvgIpc) is 3.47. The maximum Gasteiger partial charge on any atom is 0.287 e. The normalized spacial score (nSPS) is 26.2.